The first-order valence-corrected chi connectivity index (χ1v) is 11.5. The van der Waals surface area contributed by atoms with E-state index < -0.39 is 5.91 Å². The number of halogens is 2. The molecule has 0 fully saturated rings. The van der Waals surface area contributed by atoms with E-state index in [1.54, 1.807) is 42.5 Å². The van der Waals surface area contributed by atoms with E-state index >= 15 is 0 Å². The van der Waals surface area contributed by atoms with Crippen molar-refractivity contribution in [1.29, 1.82) is 0 Å². The van der Waals surface area contributed by atoms with Gasteiger partial charge in [0, 0.05) is 10.4 Å². The molecule has 1 aromatic heterocycles. The van der Waals surface area contributed by atoms with Gasteiger partial charge in [0.25, 0.3) is 0 Å². The predicted molar refractivity (Wildman–Crippen MR) is 136 cm³/mol. The third-order valence-corrected chi connectivity index (χ3v) is 5.48. The molecule has 180 valence electrons. The van der Waals surface area contributed by atoms with E-state index in [2.05, 4.69) is 10.5 Å². The third kappa shape index (κ3) is 6.07. The van der Waals surface area contributed by atoms with Crippen LogP contribution in [0.5, 0.6) is 17.2 Å². The molecule has 7 nitrogen and oxygen atoms in total. The molecule has 0 saturated carbocycles. The van der Waals surface area contributed by atoms with Crippen molar-refractivity contribution in [2.75, 3.05) is 13.7 Å². The summed E-state index contributed by atoms with van der Waals surface area (Å²) in [5.41, 5.74) is 4.57. The minimum atomic E-state index is -0.489. The van der Waals surface area contributed by atoms with Crippen molar-refractivity contribution in [1.82, 2.24) is 5.43 Å². The average Bonchev–Trinajstić information content (AvgIpc) is 3.28. The molecule has 0 spiro atoms. The summed E-state index contributed by atoms with van der Waals surface area (Å²) in [4.78, 5) is 12.5. The van der Waals surface area contributed by atoms with Gasteiger partial charge in [-0.15, -0.1) is 0 Å². The van der Waals surface area contributed by atoms with Gasteiger partial charge in [0.05, 0.1) is 25.0 Å². The van der Waals surface area contributed by atoms with Gasteiger partial charge in [-0.2, -0.15) is 5.10 Å². The molecular formula is C26H22Cl2N2O5. The number of rotatable bonds is 9. The van der Waals surface area contributed by atoms with E-state index in [-0.39, 0.29) is 5.76 Å². The molecule has 0 aliphatic carbocycles. The second kappa shape index (κ2) is 11.2. The summed E-state index contributed by atoms with van der Waals surface area (Å²) in [5, 5.41) is 5.76. The van der Waals surface area contributed by atoms with Crippen molar-refractivity contribution in [3.05, 3.63) is 87.6 Å². The first kappa shape index (κ1) is 24.4. The fourth-order valence-electron chi connectivity index (χ4n) is 3.30. The van der Waals surface area contributed by atoms with Gasteiger partial charge >= 0.3 is 5.91 Å². The van der Waals surface area contributed by atoms with Gasteiger partial charge in [-0.05, 0) is 66.6 Å². The Hall–Kier alpha value is -3.68. The van der Waals surface area contributed by atoms with Crippen LogP contribution in [0.4, 0.5) is 0 Å². The van der Waals surface area contributed by atoms with Crippen LogP contribution in [0.25, 0.3) is 11.0 Å². The van der Waals surface area contributed by atoms with Crippen LogP contribution in [0.1, 0.15) is 28.6 Å². The maximum Gasteiger partial charge on any atom is 0.307 e. The Labute approximate surface area is 212 Å². The Morgan fingerprint density at radius 2 is 1.86 bits per heavy atom. The van der Waals surface area contributed by atoms with Gasteiger partial charge < -0.3 is 18.6 Å². The molecule has 0 bridgehead atoms. The smallest absolute Gasteiger partial charge is 0.307 e. The molecule has 4 rings (SSSR count). The second-order valence-electron chi connectivity index (χ2n) is 7.39. The number of benzene rings is 3. The van der Waals surface area contributed by atoms with Gasteiger partial charge in [-0.3, -0.25) is 4.79 Å². The van der Waals surface area contributed by atoms with Crippen LogP contribution in [0, 0.1) is 0 Å². The normalized spacial score (nSPS) is 11.1. The van der Waals surface area contributed by atoms with Crippen molar-refractivity contribution in [2.45, 2.75) is 13.5 Å². The first-order chi connectivity index (χ1) is 17.0. The SMILES string of the molecule is CCOc1ccc2oc(C(=O)N/N=C/c3cc(Cl)c(OCc4ccc(Cl)cc4)c(OC)c3)cc2c1. The number of methoxy groups -OCH3 is 1. The first-order valence-electron chi connectivity index (χ1n) is 10.7. The monoisotopic (exact) mass is 512 g/mol. The predicted octanol–water partition coefficient (Wildman–Crippen LogP) is 6.49. The van der Waals surface area contributed by atoms with Gasteiger partial charge in [0.1, 0.15) is 17.9 Å². The fourth-order valence-corrected chi connectivity index (χ4v) is 3.70. The fraction of sp³-hybridized carbons (Fsp3) is 0.154. The number of carbonyl (C=O) groups is 1. The zero-order chi connectivity index (χ0) is 24.8. The highest BCUT2D eigenvalue weighted by Crippen LogP contribution is 2.36. The molecule has 1 N–H and O–H groups in total. The van der Waals surface area contributed by atoms with Gasteiger partial charge in [0.2, 0.25) is 0 Å². The second-order valence-corrected chi connectivity index (χ2v) is 8.24. The van der Waals surface area contributed by atoms with E-state index in [0.29, 0.717) is 51.7 Å². The lowest BCUT2D eigenvalue weighted by atomic mass is 10.2. The zero-order valence-electron chi connectivity index (χ0n) is 19.0. The molecule has 9 heteroatoms. The van der Waals surface area contributed by atoms with E-state index in [0.717, 1.165) is 10.9 Å². The van der Waals surface area contributed by atoms with Crippen LogP contribution in [0.15, 0.2) is 70.2 Å². The topological polar surface area (TPSA) is 82.3 Å². The van der Waals surface area contributed by atoms with Crippen molar-refractivity contribution < 1.29 is 23.4 Å². The number of amides is 1. The third-order valence-electron chi connectivity index (χ3n) is 4.95. The summed E-state index contributed by atoms with van der Waals surface area (Å²) >= 11 is 12.3. The molecule has 1 amide bonds. The largest absolute Gasteiger partial charge is 0.494 e. The summed E-state index contributed by atoms with van der Waals surface area (Å²) in [7, 11) is 1.52. The summed E-state index contributed by atoms with van der Waals surface area (Å²) in [6, 6.07) is 17.7. The Kier molecular flexibility index (Phi) is 7.80. The maximum atomic E-state index is 12.5. The number of furan rings is 1. The van der Waals surface area contributed by atoms with Crippen LogP contribution in [0.3, 0.4) is 0 Å². The van der Waals surface area contributed by atoms with Gasteiger partial charge in [-0.25, -0.2) is 5.43 Å². The highest BCUT2D eigenvalue weighted by molar-refractivity contribution is 6.32. The molecule has 3 aromatic carbocycles. The lowest BCUT2D eigenvalue weighted by Crippen LogP contribution is -2.16. The molecule has 0 unspecified atom stereocenters. The van der Waals surface area contributed by atoms with Gasteiger partial charge in [-0.1, -0.05) is 35.3 Å². The Morgan fingerprint density at radius 3 is 2.60 bits per heavy atom. The minimum Gasteiger partial charge on any atom is -0.494 e. The standard InChI is InChI=1S/C26H22Cl2N2O5/c1-3-33-20-8-9-22-18(12-20)13-24(35-22)26(31)30-29-14-17-10-21(28)25(23(11-17)32-2)34-15-16-4-6-19(27)7-5-16/h4-14H,3,15H2,1-2H3,(H,30,31)/b29-14+. The summed E-state index contributed by atoms with van der Waals surface area (Å²) in [6.45, 7) is 2.75. The number of hydrogen-bond donors (Lipinski definition) is 1. The maximum absolute atomic E-state index is 12.5. The molecule has 0 saturated heterocycles. The van der Waals surface area contributed by atoms with E-state index in [9.17, 15) is 4.79 Å². The van der Waals surface area contributed by atoms with Crippen molar-refractivity contribution in [3.8, 4) is 17.2 Å². The van der Waals surface area contributed by atoms with Crippen LogP contribution in [-0.2, 0) is 6.61 Å². The molecule has 1 heterocycles. The Balaban J connectivity index is 1.42. The van der Waals surface area contributed by atoms with Crippen molar-refractivity contribution >= 4 is 46.3 Å². The number of fused-ring (bicyclic) bond motifs is 1. The summed E-state index contributed by atoms with van der Waals surface area (Å²) < 4.78 is 22.4. The van der Waals surface area contributed by atoms with E-state index in [1.807, 2.05) is 25.1 Å². The molecule has 0 aliphatic rings. The molecule has 0 atom stereocenters. The van der Waals surface area contributed by atoms with Crippen molar-refractivity contribution in [2.24, 2.45) is 5.10 Å². The molecule has 35 heavy (non-hydrogen) atoms. The molecule has 0 radical (unpaired) electrons. The number of hydrogen-bond acceptors (Lipinski definition) is 6. The number of carbonyl (C=O) groups excluding carboxylic acids is 1. The minimum absolute atomic E-state index is 0.132. The highest BCUT2D eigenvalue weighted by atomic mass is 35.5. The van der Waals surface area contributed by atoms with Crippen LogP contribution in [-0.4, -0.2) is 25.8 Å². The van der Waals surface area contributed by atoms with Crippen LogP contribution in [0.2, 0.25) is 10.0 Å². The summed E-state index contributed by atoms with van der Waals surface area (Å²) in [6.07, 6.45) is 1.45. The molecule has 4 aromatic rings. The zero-order valence-corrected chi connectivity index (χ0v) is 20.5. The average molecular weight is 513 g/mol. The van der Waals surface area contributed by atoms with E-state index in [4.69, 9.17) is 41.8 Å². The number of nitrogens with zero attached hydrogens (tertiary/aromatic N) is 1. The Morgan fingerprint density at radius 1 is 1.06 bits per heavy atom. The molecular weight excluding hydrogens is 491 g/mol. The van der Waals surface area contributed by atoms with Gasteiger partial charge in [0.15, 0.2) is 17.3 Å². The van der Waals surface area contributed by atoms with Crippen molar-refractivity contribution in [3.63, 3.8) is 0 Å². The lowest BCUT2D eigenvalue weighted by molar-refractivity contribution is 0.0929. The molecule has 0 aliphatic heterocycles. The number of nitrogens with one attached hydrogen (secondary N) is 1. The quantitative estimate of drug-likeness (QED) is 0.204. The highest BCUT2D eigenvalue weighted by Gasteiger charge is 2.14. The number of ether oxygens (including phenoxy) is 3. The van der Waals surface area contributed by atoms with E-state index in [1.165, 1.54) is 13.3 Å². The Bertz CT molecular complexity index is 1370. The number of hydrazone groups is 1. The van der Waals surface area contributed by atoms with Crippen LogP contribution < -0.4 is 19.6 Å². The van der Waals surface area contributed by atoms with Crippen LogP contribution >= 0.6 is 23.2 Å². The lowest BCUT2D eigenvalue weighted by Gasteiger charge is -2.13. The summed E-state index contributed by atoms with van der Waals surface area (Å²) in [5.74, 6) is 1.18.